The molecule has 2 N–H and O–H groups in total. The van der Waals surface area contributed by atoms with Gasteiger partial charge in [-0.25, -0.2) is 4.98 Å². The second-order valence-electron chi connectivity index (χ2n) is 4.20. The highest BCUT2D eigenvalue weighted by Crippen LogP contribution is 2.17. The van der Waals surface area contributed by atoms with Gasteiger partial charge in [-0.05, 0) is 24.3 Å². The van der Waals surface area contributed by atoms with Crippen molar-refractivity contribution < 1.29 is 9.53 Å². The lowest BCUT2D eigenvalue weighted by Gasteiger charge is -2.09. The van der Waals surface area contributed by atoms with Gasteiger partial charge in [0.25, 0.3) is 0 Å². The zero-order valence-corrected chi connectivity index (χ0v) is 11.3. The van der Waals surface area contributed by atoms with E-state index in [0.717, 1.165) is 17.3 Å². The summed E-state index contributed by atoms with van der Waals surface area (Å²) in [7, 11) is 0. The van der Waals surface area contributed by atoms with E-state index in [0.29, 0.717) is 13.2 Å². The van der Waals surface area contributed by atoms with Crippen molar-refractivity contribution in [3.05, 3.63) is 48.7 Å². The number of benzene rings is 1. The Kier molecular flexibility index (Phi) is 4.94. The number of ether oxygens (including phenoxy) is 1. The lowest BCUT2D eigenvalue weighted by molar-refractivity contribution is -0.114. The molecule has 0 radical (unpaired) electrons. The molecule has 104 valence electrons. The zero-order valence-electron chi connectivity index (χ0n) is 11.3. The van der Waals surface area contributed by atoms with Crippen LogP contribution in [0.15, 0.2) is 48.7 Å². The molecule has 1 heterocycles. The van der Waals surface area contributed by atoms with Gasteiger partial charge in [-0.3, -0.25) is 4.79 Å². The van der Waals surface area contributed by atoms with Gasteiger partial charge >= 0.3 is 0 Å². The third kappa shape index (κ3) is 4.61. The van der Waals surface area contributed by atoms with E-state index in [1.807, 2.05) is 36.4 Å². The highest BCUT2D eigenvalue weighted by molar-refractivity contribution is 5.88. The number of nitrogens with one attached hydrogen (secondary N) is 2. The summed E-state index contributed by atoms with van der Waals surface area (Å²) in [5.41, 5.74) is 0.729. The van der Waals surface area contributed by atoms with E-state index in [2.05, 4.69) is 15.6 Å². The van der Waals surface area contributed by atoms with Crippen molar-refractivity contribution in [3.63, 3.8) is 0 Å². The quantitative estimate of drug-likeness (QED) is 0.792. The molecule has 0 aliphatic carbocycles. The molecule has 0 bridgehead atoms. The Morgan fingerprint density at radius 3 is 2.90 bits per heavy atom. The average molecular weight is 271 g/mol. The second kappa shape index (κ2) is 7.13. The number of aromatic nitrogens is 1. The monoisotopic (exact) mass is 271 g/mol. The molecule has 0 aliphatic rings. The van der Waals surface area contributed by atoms with Crippen LogP contribution in [0.2, 0.25) is 0 Å². The van der Waals surface area contributed by atoms with Crippen molar-refractivity contribution in [2.45, 2.75) is 6.92 Å². The maximum absolute atomic E-state index is 11.0. The van der Waals surface area contributed by atoms with Crippen LogP contribution in [-0.4, -0.2) is 24.0 Å². The largest absolute Gasteiger partial charge is 0.492 e. The molecule has 0 aliphatic heterocycles. The summed E-state index contributed by atoms with van der Waals surface area (Å²) in [5.74, 6) is 1.45. The van der Waals surface area contributed by atoms with Crippen molar-refractivity contribution >= 4 is 17.4 Å². The Bertz CT molecular complexity index is 558. The van der Waals surface area contributed by atoms with E-state index in [1.54, 1.807) is 12.3 Å². The summed E-state index contributed by atoms with van der Waals surface area (Å²) in [4.78, 5) is 15.1. The predicted octanol–water partition coefficient (Wildman–Crippen LogP) is 2.53. The smallest absolute Gasteiger partial charge is 0.221 e. The number of carbonyl (C=O) groups excluding carboxylic acids is 1. The van der Waals surface area contributed by atoms with Crippen LogP contribution in [-0.2, 0) is 4.79 Å². The van der Waals surface area contributed by atoms with Gasteiger partial charge in [-0.1, -0.05) is 12.1 Å². The molecular formula is C15H17N3O2. The fraction of sp³-hybridized carbons (Fsp3) is 0.200. The first-order valence-corrected chi connectivity index (χ1v) is 6.39. The minimum Gasteiger partial charge on any atom is -0.492 e. The van der Waals surface area contributed by atoms with Crippen molar-refractivity contribution in [3.8, 4) is 5.75 Å². The summed E-state index contributed by atoms with van der Waals surface area (Å²) in [6.45, 7) is 2.64. The molecule has 0 fully saturated rings. The van der Waals surface area contributed by atoms with Crippen molar-refractivity contribution in [2.75, 3.05) is 23.8 Å². The van der Waals surface area contributed by atoms with Crippen LogP contribution >= 0.6 is 0 Å². The van der Waals surface area contributed by atoms with Gasteiger partial charge in [-0.2, -0.15) is 0 Å². The highest BCUT2D eigenvalue weighted by atomic mass is 16.5. The number of rotatable bonds is 6. The topological polar surface area (TPSA) is 63.2 Å². The third-order valence-corrected chi connectivity index (χ3v) is 2.50. The molecule has 0 unspecified atom stereocenters. The van der Waals surface area contributed by atoms with Gasteiger partial charge in [0.2, 0.25) is 5.91 Å². The number of hydrogen-bond acceptors (Lipinski definition) is 4. The molecule has 1 aromatic heterocycles. The summed E-state index contributed by atoms with van der Waals surface area (Å²) in [5, 5.41) is 5.87. The van der Waals surface area contributed by atoms with Gasteiger partial charge in [0.15, 0.2) is 0 Å². The maximum atomic E-state index is 11.0. The van der Waals surface area contributed by atoms with E-state index in [1.165, 1.54) is 6.92 Å². The molecule has 5 heteroatoms. The van der Waals surface area contributed by atoms with Crippen LogP contribution in [0.5, 0.6) is 5.75 Å². The van der Waals surface area contributed by atoms with Gasteiger partial charge in [0.05, 0.1) is 6.54 Å². The molecule has 0 saturated carbocycles. The molecule has 20 heavy (non-hydrogen) atoms. The summed E-state index contributed by atoms with van der Waals surface area (Å²) < 4.78 is 5.61. The minimum absolute atomic E-state index is 0.0982. The maximum Gasteiger partial charge on any atom is 0.221 e. The summed E-state index contributed by atoms with van der Waals surface area (Å²) in [6.07, 6.45) is 1.74. The summed E-state index contributed by atoms with van der Waals surface area (Å²) >= 11 is 0. The number of carbonyl (C=O) groups is 1. The van der Waals surface area contributed by atoms with E-state index in [9.17, 15) is 4.79 Å². The molecule has 1 aromatic carbocycles. The number of amides is 1. The minimum atomic E-state index is -0.0982. The number of nitrogens with zero attached hydrogens (tertiary/aromatic N) is 1. The van der Waals surface area contributed by atoms with E-state index in [4.69, 9.17) is 4.74 Å². The van der Waals surface area contributed by atoms with Gasteiger partial charge in [0.1, 0.15) is 18.2 Å². The van der Waals surface area contributed by atoms with E-state index in [-0.39, 0.29) is 5.91 Å². The van der Waals surface area contributed by atoms with Crippen LogP contribution in [0.25, 0.3) is 0 Å². The predicted molar refractivity (Wildman–Crippen MR) is 79.0 cm³/mol. The van der Waals surface area contributed by atoms with Gasteiger partial charge in [0, 0.05) is 24.9 Å². The van der Waals surface area contributed by atoms with Crippen LogP contribution in [0.1, 0.15) is 6.92 Å². The van der Waals surface area contributed by atoms with Crippen LogP contribution in [0, 0.1) is 0 Å². The standard InChI is InChI=1S/C15H17N3O2/c1-12(19)18-13-5-4-6-14(11-13)20-10-9-17-15-7-2-3-8-16-15/h2-8,11H,9-10H2,1H3,(H,16,17)(H,18,19). The fourth-order valence-corrected chi connectivity index (χ4v) is 1.68. The Morgan fingerprint density at radius 2 is 2.15 bits per heavy atom. The molecule has 2 rings (SSSR count). The third-order valence-electron chi connectivity index (χ3n) is 2.50. The zero-order chi connectivity index (χ0) is 14.2. The van der Waals surface area contributed by atoms with E-state index < -0.39 is 0 Å². The Hall–Kier alpha value is -2.56. The van der Waals surface area contributed by atoms with Gasteiger partial charge < -0.3 is 15.4 Å². The van der Waals surface area contributed by atoms with Crippen molar-refractivity contribution in [1.29, 1.82) is 0 Å². The second-order valence-corrected chi connectivity index (χ2v) is 4.20. The first-order chi connectivity index (χ1) is 9.74. The first-order valence-electron chi connectivity index (χ1n) is 6.39. The normalized spacial score (nSPS) is 9.85. The molecule has 5 nitrogen and oxygen atoms in total. The first kappa shape index (κ1) is 13.9. The SMILES string of the molecule is CC(=O)Nc1cccc(OCCNc2ccccn2)c1. The average Bonchev–Trinajstić information content (AvgIpc) is 2.44. The number of hydrogen-bond donors (Lipinski definition) is 2. The lowest BCUT2D eigenvalue weighted by atomic mass is 10.3. The number of pyridine rings is 1. The Balaban J connectivity index is 1.78. The van der Waals surface area contributed by atoms with Crippen LogP contribution in [0.3, 0.4) is 0 Å². The van der Waals surface area contributed by atoms with Crippen molar-refractivity contribution in [2.24, 2.45) is 0 Å². The molecule has 0 saturated heterocycles. The fourth-order valence-electron chi connectivity index (χ4n) is 1.68. The Labute approximate surface area is 118 Å². The molecule has 2 aromatic rings. The Morgan fingerprint density at radius 1 is 1.25 bits per heavy atom. The van der Waals surface area contributed by atoms with Crippen molar-refractivity contribution in [1.82, 2.24) is 4.98 Å². The molecule has 0 spiro atoms. The molecule has 1 amide bonds. The molecule has 0 atom stereocenters. The molecular weight excluding hydrogens is 254 g/mol. The lowest BCUT2D eigenvalue weighted by Crippen LogP contribution is -2.12. The van der Waals surface area contributed by atoms with E-state index >= 15 is 0 Å². The number of anilines is 2. The van der Waals surface area contributed by atoms with Crippen LogP contribution < -0.4 is 15.4 Å². The highest BCUT2D eigenvalue weighted by Gasteiger charge is 1.98. The van der Waals surface area contributed by atoms with Gasteiger partial charge in [-0.15, -0.1) is 0 Å². The van der Waals surface area contributed by atoms with Crippen LogP contribution in [0.4, 0.5) is 11.5 Å². The summed E-state index contributed by atoms with van der Waals surface area (Å²) in [6, 6.07) is 13.0.